The van der Waals surface area contributed by atoms with Gasteiger partial charge < -0.3 is 9.47 Å². The van der Waals surface area contributed by atoms with Crippen LogP contribution in [0.15, 0.2) is 0 Å². The lowest BCUT2D eigenvalue weighted by Crippen LogP contribution is -2.47. The van der Waals surface area contributed by atoms with Crippen LogP contribution in [0.5, 0.6) is 0 Å². The number of methoxy groups -OCH3 is 2. The molecule has 0 saturated carbocycles. The number of hydrogen-bond donors (Lipinski definition) is 0. The fourth-order valence-corrected chi connectivity index (χ4v) is 1.58. The van der Waals surface area contributed by atoms with Crippen LogP contribution in [-0.2, 0) is 19.1 Å². The number of carbonyl (C=O) groups excluding carboxylic acids is 2. The summed E-state index contributed by atoms with van der Waals surface area (Å²) >= 11 is 0. The number of carbonyl (C=O) groups is 2. The van der Waals surface area contributed by atoms with E-state index in [1.54, 1.807) is 0 Å². The zero-order chi connectivity index (χ0) is 16.4. The first-order valence-corrected chi connectivity index (χ1v) is 5.94. The van der Waals surface area contributed by atoms with Crippen molar-refractivity contribution in [2.24, 2.45) is 0 Å². The minimum atomic E-state index is -1.16. The molecule has 0 saturated heterocycles. The van der Waals surface area contributed by atoms with Crippen LogP contribution in [0.1, 0.15) is 6.42 Å². The maximum atomic E-state index is 11.7. The fraction of sp³-hybridized carbons (Fsp3) is 0.800. The zero-order valence-corrected chi connectivity index (χ0v) is 11.7. The second kappa shape index (κ2) is 9.58. The summed E-state index contributed by atoms with van der Waals surface area (Å²) in [5, 5.41) is 20.8. The molecule has 0 aromatic rings. The summed E-state index contributed by atoms with van der Waals surface area (Å²) in [6, 6.07) is -1.16. The van der Waals surface area contributed by atoms with Gasteiger partial charge in [0.25, 0.3) is 0 Å². The van der Waals surface area contributed by atoms with E-state index in [9.17, 15) is 29.8 Å². The van der Waals surface area contributed by atoms with Gasteiger partial charge in [0.2, 0.25) is 13.1 Å². The Balaban J connectivity index is 5.02. The molecule has 0 aliphatic carbocycles. The summed E-state index contributed by atoms with van der Waals surface area (Å²) in [6.45, 7) is -1.49. The fourth-order valence-electron chi connectivity index (χ4n) is 1.58. The Hall–Kier alpha value is -2.30. The van der Waals surface area contributed by atoms with Crippen molar-refractivity contribution in [1.82, 2.24) is 4.90 Å². The van der Waals surface area contributed by atoms with Gasteiger partial charge in [-0.2, -0.15) is 0 Å². The van der Waals surface area contributed by atoms with E-state index in [1.807, 2.05) is 0 Å². The Labute approximate surface area is 120 Å². The highest BCUT2D eigenvalue weighted by Crippen LogP contribution is 2.08. The number of nitrogens with zero attached hydrogens (tertiary/aromatic N) is 3. The quantitative estimate of drug-likeness (QED) is 0.280. The smallest absolute Gasteiger partial charge is 0.323 e. The summed E-state index contributed by atoms with van der Waals surface area (Å²) < 4.78 is 8.96. The maximum Gasteiger partial charge on any atom is 0.323 e. The van der Waals surface area contributed by atoms with Crippen molar-refractivity contribution in [3.63, 3.8) is 0 Å². The van der Waals surface area contributed by atoms with E-state index in [0.29, 0.717) is 0 Å². The van der Waals surface area contributed by atoms with Gasteiger partial charge >= 0.3 is 11.9 Å². The summed E-state index contributed by atoms with van der Waals surface area (Å²) in [4.78, 5) is 43.8. The second-order valence-electron chi connectivity index (χ2n) is 3.97. The van der Waals surface area contributed by atoms with E-state index >= 15 is 0 Å². The van der Waals surface area contributed by atoms with E-state index in [4.69, 9.17) is 0 Å². The minimum Gasteiger partial charge on any atom is -0.469 e. The van der Waals surface area contributed by atoms with Crippen molar-refractivity contribution in [3.8, 4) is 0 Å². The third-order valence-electron chi connectivity index (χ3n) is 2.64. The van der Waals surface area contributed by atoms with Gasteiger partial charge in [-0.25, -0.2) is 0 Å². The van der Waals surface area contributed by atoms with Crippen molar-refractivity contribution < 1.29 is 28.9 Å². The molecule has 0 aromatic heterocycles. The molecule has 11 nitrogen and oxygen atoms in total. The standard InChI is InChI=1S/C10H17N3O8/c1-20-9(14)7-8(10(15)21-2)11(3-5-12(16)17)4-6-13(18)19/h8H,3-7H2,1-2H3/t8-/m0/s1. The Morgan fingerprint density at radius 2 is 1.52 bits per heavy atom. The van der Waals surface area contributed by atoms with Crippen molar-refractivity contribution in [2.45, 2.75) is 12.5 Å². The van der Waals surface area contributed by atoms with Gasteiger partial charge in [0.15, 0.2) is 0 Å². The zero-order valence-electron chi connectivity index (χ0n) is 11.7. The molecule has 11 heteroatoms. The number of nitro groups is 2. The Morgan fingerprint density at radius 1 is 1.05 bits per heavy atom. The molecular weight excluding hydrogens is 290 g/mol. The van der Waals surface area contributed by atoms with Crippen LogP contribution in [0.25, 0.3) is 0 Å². The number of hydrogen-bond acceptors (Lipinski definition) is 9. The highest BCUT2D eigenvalue weighted by atomic mass is 16.6. The molecular formula is C10H17N3O8. The molecule has 1 atom stereocenters. The highest BCUT2D eigenvalue weighted by Gasteiger charge is 2.31. The van der Waals surface area contributed by atoms with E-state index in [0.717, 1.165) is 14.2 Å². The van der Waals surface area contributed by atoms with Crippen LogP contribution in [0.3, 0.4) is 0 Å². The maximum absolute atomic E-state index is 11.7. The van der Waals surface area contributed by atoms with Gasteiger partial charge in [-0.05, 0) is 0 Å². The molecule has 0 bridgehead atoms. The highest BCUT2D eigenvalue weighted by molar-refractivity contribution is 5.82. The van der Waals surface area contributed by atoms with Crippen LogP contribution < -0.4 is 0 Å². The van der Waals surface area contributed by atoms with E-state index in [-0.39, 0.29) is 13.1 Å². The van der Waals surface area contributed by atoms with Gasteiger partial charge in [-0.15, -0.1) is 0 Å². The number of ether oxygens (including phenoxy) is 2. The lowest BCUT2D eigenvalue weighted by atomic mass is 10.1. The Bertz CT molecular complexity index is 382. The normalized spacial score (nSPS) is 11.8. The molecule has 0 unspecified atom stereocenters. The first-order chi connectivity index (χ1) is 9.81. The minimum absolute atomic E-state index is 0.225. The predicted octanol–water partition coefficient (Wildman–Crippen LogP) is -1.05. The van der Waals surface area contributed by atoms with Gasteiger partial charge in [0.05, 0.1) is 33.7 Å². The Morgan fingerprint density at radius 3 is 1.86 bits per heavy atom. The first kappa shape index (κ1) is 18.7. The summed E-state index contributed by atoms with van der Waals surface area (Å²) in [6.07, 6.45) is -0.404. The summed E-state index contributed by atoms with van der Waals surface area (Å²) in [5.41, 5.74) is 0. The molecule has 0 N–H and O–H groups in total. The monoisotopic (exact) mass is 307 g/mol. The molecule has 0 aromatic carbocycles. The molecule has 0 fully saturated rings. The molecule has 0 aliphatic heterocycles. The molecule has 0 radical (unpaired) electrons. The molecule has 0 amide bonds. The van der Waals surface area contributed by atoms with Crippen molar-refractivity contribution in [3.05, 3.63) is 20.2 Å². The third-order valence-corrected chi connectivity index (χ3v) is 2.64. The molecule has 21 heavy (non-hydrogen) atoms. The third kappa shape index (κ3) is 7.77. The van der Waals surface area contributed by atoms with Crippen LogP contribution in [-0.4, -0.2) is 73.1 Å². The largest absolute Gasteiger partial charge is 0.469 e. The average Bonchev–Trinajstić information content (AvgIpc) is 2.43. The lowest BCUT2D eigenvalue weighted by molar-refractivity contribution is -0.487. The second-order valence-corrected chi connectivity index (χ2v) is 3.97. The molecule has 120 valence electrons. The van der Waals surface area contributed by atoms with E-state index in [2.05, 4.69) is 9.47 Å². The van der Waals surface area contributed by atoms with Crippen LogP contribution >= 0.6 is 0 Å². The van der Waals surface area contributed by atoms with Gasteiger partial charge in [-0.3, -0.25) is 34.7 Å². The topological polar surface area (TPSA) is 142 Å². The van der Waals surface area contributed by atoms with Crippen molar-refractivity contribution in [2.75, 3.05) is 40.4 Å². The molecule has 0 spiro atoms. The van der Waals surface area contributed by atoms with E-state index in [1.165, 1.54) is 4.90 Å². The molecule has 0 heterocycles. The SMILES string of the molecule is COC(=O)C[C@@H](C(=O)OC)N(CC[N+](=O)[O-])CC[N+](=O)[O-]. The van der Waals surface area contributed by atoms with Gasteiger partial charge in [0, 0.05) is 9.85 Å². The summed E-state index contributed by atoms with van der Waals surface area (Å²) in [5.74, 6) is -1.54. The predicted molar refractivity (Wildman–Crippen MR) is 67.7 cm³/mol. The van der Waals surface area contributed by atoms with Crippen molar-refractivity contribution in [1.29, 1.82) is 0 Å². The summed E-state index contributed by atoms with van der Waals surface area (Å²) in [7, 11) is 2.21. The average molecular weight is 307 g/mol. The Kier molecular flexibility index (Phi) is 8.53. The molecule has 0 aliphatic rings. The molecule has 0 rings (SSSR count). The number of rotatable bonds is 10. The van der Waals surface area contributed by atoms with Crippen LogP contribution in [0.2, 0.25) is 0 Å². The van der Waals surface area contributed by atoms with Gasteiger partial charge in [0.1, 0.15) is 6.04 Å². The van der Waals surface area contributed by atoms with Crippen LogP contribution in [0.4, 0.5) is 0 Å². The number of esters is 2. The van der Waals surface area contributed by atoms with E-state index < -0.39 is 47.3 Å². The van der Waals surface area contributed by atoms with Crippen molar-refractivity contribution >= 4 is 11.9 Å². The van der Waals surface area contributed by atoms with Gasteiger partial charge in [-0.1, -0.05) is 0 Å². The lowest BCUT2D eigenvalue weighted by Gasteiger charge is -2.26. The first-order valence-electron chi connectivity index (χ1n) is 5.94. The van der Waals surface area contributed by atoms with Crippen LogP contribution in [0, 0.1) is 20.2 Å².